The normalized spacial score (nSPS) is 17.3. The van der Waals surface area contributed by atoms with Crippen LogP contribution >= 0.6 is 0 Å². The SMILES string of the molecule is COc1ccc(-c2c(C3CCCCC3)c3ccc(C(=O)NC4(C(=O)Nc5ccc(/C=C/C(=O)O)cc5)CCCC4)c4c3n2CCO4)cc1. The van der Waals surface area contributed by atoms with Gasteiger partial charge in [-0.15, -0.1) is 0 Å². The van der Waals surface area contributed by atoms with E-state index in [9.17, 15) is 14.4 Å². The lowest BCUT2D eigenvalue weighted by molar-refractivity contribution is -0.131. The average Bonchev–Trinajstić information content (AvgIpc) is 3.73. The van der Waals surface area contributed by atoms with Crippen LogP contribution in [0.15, 0.2) is 66.7 Å². The Morgan fingerprint density at radius 3 is 2.35 bits per heavy atom. The molecule has 3 aromatic carbocycles. The van der Waals surface area contributed by atoms with Gasteiger partial charge in [-0.1, -0.05) is 50.3 Å². The predicted molar refractivity (Wildman–Crippen MR) is 186 cm³/mol. The number of carbonyl (C=O) groups is 3. The van der Waals surface area contributed by atoms with E-state index in [1.807, 2.05) is 18.2 Å². The van der Waals surface area contributed by atoms with Crippen LogP contribution < -0.4 is 20.1 Å². The number of carboxylic acid groups (broad SMARTS) is 1. The molecule has 1 aromatic heterocycles. The molecule has 2 amide bonds. The first-order chi connectivity index (χ1) is 23.4. The lowest BCUT2D eigenvalue weighted by Crippen LogP contribution is -2.55. The second-order valence-electron chi connectivity index (χ2n) is 13.2. The van der Waals surface area contributed by atoms with Crippen LogP contribution in [0.25, 0.3) is 28.2 Å². The number of rotatable bonds is 9. The highest BCUT2D eigenvalue weighted by atomic mass is 16.5. The molecule has 3 N–H and O–H groups in total. The molecule has 0 saturated heterocycles. The van der Waals surface area contributed by atoms with Crippen LogP contribution in [-0.4, -0.2) is 46.7 Å². The van der Waals surface area contributed by atoms with Gasteiger partial charge in [0, 0.05) is 17.1 Å². The first-order valence-electron chi connectivity index (χ1n) is 17.0. The summed E-state index contributed by atoms with van der Waals surface area (Å²) in [7, 11) is 1.68. The average molecular weight is 648 g/mol. The molecule has 0 atom stereocenters. The maximum Gasteiger partial charge on any atom is 0.328 e. The zero-order valence-electron chi connectivity index (χ0n) is 27.2. The van der Waals surface area contributed by atoms with Crippen molar-refractivity contribution in [3.8, 4) is 22.8 Å². The van der Waals surface area contributed by atoms with Crippen molar-refractivity contribution in [3.05, 3.63) is 83.4 Å². The summed E-state index contributed by atoms with van der Waals surface area (Å²) >= 11 is 0. The number of ether oxygens (including phenoxy) is 2. The molecule has 48 heavy (non-hydrogen) atoms. The molecule has 1 aliphatic heterocycles. The van der Waals surface area contributed by atoms with Gasteiger partial charge in [0.15, 0.2) is 5.75 Å². The highest BCUT2D eigenvalue weighted by molar-refractivity contribution is 6.09. The monoisotopic (exact) mass is 647 g/mol. The Morgan fingerprint density at radius 2 is 1.67 bits per heavy atom. The van der Waals surface area contributed by atoms with E-state index in [0.717, 1.165) is 54.0 Å². The number of aliphatic carboxylic acids is 1. The van der Waals surface area contributed by atoms with Crippen molar-refractivity contribution in [2.75, 3.05) is 19.0 Å². The van der Waals surface area contributed by atoms with Crippen molar-refractivity contribution in [1.29, 1.82) is 0 Å². The molecule has 0 bridgehead atoms. The number of amides is 2. The molecule has 7 rings (SSSR count). The van der Waals surface area contributed by atoms with Gasteiger partial charge in [0.25, 0.3) is 5.91 Å². The van der Waals surface area contributed by atoms with E-state index in [0.29, 0.717) is 54.5 Å². The fraction of sp³-hybridized carbons (Fsp3) is 0.359. The van der Waals surface area contributed by atoms with E-state index < -0.39 is 11.5 Å². The number of carbonyl (C=O) groups excluding carboxylic acids is 2. The molecule has 2 saturated carbocycles. The number of hydrogen-bond acceptors (Lipinski definition) is 5. The second kappa shape index (κ2) is 13.2. The Bertz CT molecular complexity index is 1880. The quantitative estimate of drug-likeness (QED) is 0.162. The summed E-state index contributed by atoms with van der Waals surface area (Å²) in [5.74, 6) is 0.205. The summed E-state index contributed by atoms with van der Waals surface area (Å²) in [6.07, 6.45) is 11.2. The number of anilines is 1. The smallest absolute Gasteiger partial charge is 0.328 e. The van der Waals surface area contributed by atoms with E-state index >= 15 is 0 Å². The van der Waals surface area contributed by atoms with Gasteiger partial charge in [-0.2, -0.15) is 0 Å². The Kier molecular flexibility index (Phi) is 8.69. The Labute approximate surface area is 279 Å². The van der Waals surface area contributed by atoms with Gasteiger partial charge in [0.05, 0.1) is 30.4 Å². The molecular formula is C39H41N3O6. The van der Waals surface area contributed by atoms with Gasteiger partial charge in [0.2, 0.25) is 5.91 Å². The number of aromatic nitrogens is 1. The number of carboxylic acids is 1. The number of nitrogens with zero attached hydrogens (tertiary/aromatic N) is 1. The van der Waals surface area contributed by atoms with Crippen molar-refractivity contribution < 1.29 is 29.0 Å². The third kappa shape index (κ3) is 5.93. The summed E-state index contributed by atoms with van der Waals surface area (Å²) in [5, 5.41) is 16.2. The molecule has 3 aliphatic rings. The zero-order chi connectivity index (χ0) is 33.3. The van der Waals surface area contributed by atoms with E-state index in [-0.39, 0.29) is 11.8 Å². The zero-order valence-corrected chi connectivity index (χ0v) is 27.2. The molecule has 248 valence electrons. The summed E-state index contributed by atoms with van der Waals surface area (Å²) in [6.45, 7) is 1.12. The van der Waals surface area contributed by atoms with Crippen LogP contribution in [0.2, 0.25) is 0 Å². The lowest BCUT2D eigenvalue weighted by atomic mass is 9.81. The van der Waals surface area contributed by atoms with Crippen LogP contribution in [0.5, 0.6) is 11.5 Å². The van der Waals surface area contributed by atoms with E-state index in [4.69, 9.17) is 14.6 Å². The molecule has 9 nitrogen and oxygen atoms in total. The van der Waals surface area contributed by atoms with Gasteiger partial charge < -0.3 is 29.8 Å². The highest BCUT2D eigenvalue weighted by Gasteiger charge is 2.43. The molecule has 2 heterocycles. The molecule has 2 fully saturated rings. The first-order valence-corrected chi connectivity index (χ1v) is 17.0. The van der Waals surface area contributed by atoms with Crippen LogP contribution in [0, 0.1) is 0 Å². The standard InChI is InChI=1S/C39H41N3O6/c1-47-29-16-12-27(13-17-29)34-33(26-7-3-2-4-8-26)30-18-19-31(36-35(30)42(34)23-24-48-36)37(45)41-39(21-5-6-22-39)38(46)40-28-14-9-25(10-15-28)11-20-32(43)44/h9-20,26H,2-8,21-24H2,1H3,(H,40,46)(H,41,45)(H,43,44)/b20-11+. The Hall–Kier alpha value is -5.05. The Balaban J connectivity index is 1.22. The second-order valence-corrected chi connectivity index (χ2v) is 13.2. The minimum Gasteiger partial charge on any atom is -0.497 e. The van der Waals surface area contributed by atoms with E-state index in [2.05, 4.69) is 33.4 Å². The van der Waals surface area contributed by atoms with E-state index in [1.54, 1.807) is 31.4 Å². The highest BCUT2D eigenvalue weighted by Crippen LogP contribution is 2.48. The van der Waals surface area contributed by atoms with Crippen LogP contribution in [-0.2, 0) is 16.1 Å². The van der Waals surface area contributed by atoms with Crippen molar-refractivity contribution in [1.82, 2.24) is 9.88 Å². The number of nitrogens with one attached hydrogen (secondary N) is 2. The van der Waals surface area contributed by atoms with Crippen LogP contribution in [0.4, 0.5) is 5.69 Å². The van der Waals surface area contributed by atoms with Crippen molar-refractivity contribution in [2.24, 2.45) is 0 Å². The minimum atomic E-state index is -1.06. The molecule has 4 aromatic rings. The molecule has 0 radical (unpaired) electrons. The van der Waals surface area contributed by atoms with Gasteiger partial charge >= 0.3 is 5.97 Å². The summed E-state index contributed by atoms with van der Waals surface area (Å²) < 4.78 is 14.1. The third-order valence-corrected chi connectivity index (χ3v) is 10.2. The minimum absolute atomic E-state index is 0.262. The molecule has 2 aliphatic carbocycles. The van der Waals surface area contributed by atoms with E-state index in [1.165, 1.54) is 36.6 Å². The summed E-state index contributed by atoms with van der Waals surface area (Å²) in [4.78, 5) is 38.8. The van der Waals surface area contributed by atoms with Crippen LogP contribution in [0.3, 0.4) is 0 Å². The third-order valence-electron chi connectivity index (χ3n) is 10.2. The molecule has 9 heteroatoms. The number of hydrogen-bond donors (Lipinski definition) is 3. The van der Waals surface area contributed by atoms with Crippen molar-refractivity contribution in [2.45, 2.75) is 75.8 Å². The molecular weight excluding hydrogens is 606 g/mol. The van der Waals surface area contributed by atoms with Gasteiger partial charge in [-0.25, -0.2) is 4.79 Å². The fourth-order valence-electron chi connectivity index (χ4n) is 7.86. The Morgan fingerprint density at radius 1 is 0.938 bits per heavy atom. The van der Waals surface area contributed by atoms with Gasteiger partial charge in [-0.3, -0.25) is 9.59 Å². The first kappa shape index (κ1) is 31.5. The van der Waals surface area contributed by atoms with Crippen molar-refractivity contribution in [3.63, 3.8) is 0 Å². The van der Waals surface area contributed by atoms with Crippen LogP contribution in [0.1, 0.15) is 85.2 Å². The maximum atomic E-state index is 14.2. The molecule has 0 unspecified atom stereocenters. The number of benzene rings is 3. The number of methoxy groups -OCH3 is 1. The van der Waals surface area contributed by atoms with Crippen molar-refractivity contribution >= 4 is 40.4 Å². The fourth-order valence-corrected chi connectivity index (χ4v) is 7.86. The van der Waals surface area contributed by atoms with Gasteiger partial charge in [0.1, 0.15) is 17.9 Å². The largest absolute Gasteiger partial charge is 0.497 e. The van der Waals surface area contributed by atoms with Gasteiger partial charge in [-0.05, 0) is 96.8 Å². The summed E-state index contributed by atoms with van der Waals surface area (Å²) in [5.41, 5.74) is 5.26. The maximum absolute atomic E-state index is 14.2. The predicted octanol–water partition coefficient (Wildman–Crippen LogP) is 7.54. The topological polar surface area (TPSA) is 119 Å². The summed E-state index contributed by atoms with van der Waals surface area (Å²) in [6, 6.07) is 19.1. The lowest BCUT2D eigenvalue weighted by Gasteiger charge is -2.30. The molecule has 0 spiro atoms.